The SMILES string of the molecule is CCCCCN(CC(CC)CCCC)C(=O)c1cccc(C(F)(F)F)c1F. The van der Waals surface area contributed by atoms with Gasteiger partial charge in [0, 0.05) is 13.1 Å². The molecule has 1 atom stereocenters. The fraction of sp³-hybridized carbons (Fsp3) is 0.667. The molecule has 1 aromatic carbocycles. The van der Waals surface area contributed by atoms with Crippen molar-refractivity contribution >= 4 is 5.91 Å². The first-order valence-electron chi connectivity index (χ1n) is 9.91. The van der Waals surface area contributed by atoms with Crippen molar-refractivity contribution in [2.24, 2.45) is 5.92 Å². The highest BCUT2D eigenvalue weighted by Crippen LogP contribution is 2.32. The fourth-order valence-corrected chi connectivity index (χ4v) is 3.14. The van der Waals surface area contributed by atoms with E-state index in [2.05, 4.69) is 6.92 Å². The Bertz CT molecular complexity index is 586. The number of hydrogen-bond donors (Lipinski definition) is 0. The molecule has 0 fully saturated rings. The van der Waals surface area contributed by atoms with Crippen molar-refractivity contribution in [3.8, 4) is 0 Å². The maximum Gasteiger partial charge on any atom is 0.419 e. The number of carbonyl (C=O) groups excluding carboxylic acids is 1. The molecule has 0 radical (unpaired) electrons. The van der Waals surface area contributed by atoms with Crippen LogP contribution in [0.1, 0.15) is 81.6 Å². The van der Waals surface area contributed by atoms with E-state index in [1.807, 2.05) is 13.8 Å². The highest BCUT2D eigenvalue weighted by atomic mass is 19.4. The van der Waals surface area contributed by atoms with E-state index in [9.17, 15) is 22.4 Å². The molecule has 0 aliphatic carbocycles. The van der Waals surface area contributed by atoms with E-state index in [1.165, 1.54) is 4.90 Å². The minimum atomic E-state index is -4.82. The Balaban J connectivity index is 3.08. The third-order valence-corrected chi connectivity index (χ3v) is 4.88. The molecule has 0 aromatic heterocycles. The van der Waals surface area contributed by atoms with Gasteiger partial charge in [-0.2, -0.15) is 13.2 Å². The van der Waals surface area contributed by atoms with Crippen LogP contribution in [0.3, 0.4) is 0 Å². The summed E-state index contributed by atoms with van der Waals surface area (Å²) in [6.45, 7) is 7.06. The van der Waals surface area contributed by atoms with Gasteiger partial charge in [-0.3, -0.25) is 4.79 Å². The maximum absolute atomic E-state index is 14.4. The molecule has 0 heterocycles. The molecular formula is C21H31F4NO. The van der Waals surface area contributed by atoms with Gasteiger partial charge in [0.25, 0.3) is 5.91 Å². The van der Waals surface area contributed by atoms with Crippen LogP contribution in [0.5, 0.6) is 0 Å². The molecule has 0 bridgehead atoms. The number of rotatable bonds is 11. The van der Waals surface area contributed by atoms with E-state index in [0.29, 0.717) is 19.2 Å². The molecular weight excluding hydrogens is 358 g/mol. The quantitative estimate of drug-likeness (QED) is 0.305. The number of benzene rings is 1. The summed E-state index contributed by atoms with van der Waals surface area (Å²) < 4.78 is 53.4. The third kappa shape index (κ3) is 7.15. The van der Waals surface area contributed by atoms with Crippen LogP contribution in [0, 0.1) is 11.7 Å². The molecule has 1 aromatic rings. The lowest BCUT2D eigenvalue weighted by Crippen LogP contribution is -2.37. The van der Waals surface area contributed by atoms with Gasteiger partial charge in [0.2, 0.25) is 0 Å². The molecule has 0 N–H and O–H groups in total. The van der Waals surface area contributed by atoms with Crippen LogP contribution in [0.2, 0.25) is 0 Å². The van der Waals surface area contributed by atoms with Gasteiger partial charge in [-0.1, -0.05) is 58.9 Å². The zero-order valence-electron chi connectivity index (χ0n) is 16.5. The second kappa shape index (κ2) is 11.3. The molecule has 6 heteroatoms. The van der Waals surface area contributed by atoms with Crippen molar-refractivity contribution in [2.45, 2.75) is 71.9 Å². The van der Waals surface area contributed by atoms with Crippen LogP contribution >= 0.6 is 0 Å². The van der Waals surface area contributed by atoms with E-state index < -0.39 is 29.0 Å². The van der Waals surface area contributed by atoms with Crippen molar-refractivity contribution in [1.82, 2.24) is 4.90 Å². The standard InChI is InChI=1S/C21H31F4NO/c1-4-7-9-14-26(15-16(6-3)11-8-5-2)20(27)17-12-10-13-18(19(17)22)21(23,24)25/h10,12-13,16H,4-9,11,14-15H2,1-3H3. The second-order valence-electron chi connectivity index (χ2n) is 7.04. The Morgan fingerprint density at radius 3 is 2.30 bits per heavy atom. The summed E-state index contributed by atoms with van der Waals surface area (Å²) >= 11 is 0. The summed E-state index contributed by atoms with van der Waals surface area (Å²) in [7, 11) is 0. The maximum atomic E-state index is 14.4. The third-order valence-electron chi connectivity index (χ3n) is 4.88. The lowest BCUT2D eigenvalue weighted by molar-refractivity contribution is -0.140. The summed E-state index contributed by atoms with van der Waals surface area (Å²) in [4.78, 5) is 14.4. The van der Waals surface area contributed by atoms with Crippen molar-refractivity contribution in [1.29, 1.82) is 0 Å². The first kappa shape index (κ1) is 23.4. The Morgan fingerprint density at radius 2 is 1.74 bits per heavy atom. The molecule has 1 rings (SSSR count). The summed E-state index contributed by atoms with van der Waals surface area (Å²) in [6.07, 6.45) is 1.73. The van der Waals surface area contributed by atoms with E-state index in [0.717, 1.165) is 57.1 Å². The van der Waals surface area contributed by atoms with Gasteiger partial charge in [0.1, 0.15) is 5.82 Å². The zero-order valence-corrected chi connectivity index (χ0v) is 16.5. The minimum Gasteiger partial charge on any atom is -0.338 e. The van der Waals surface area contributed by atoms with Gasteiger partial charge >= 0.3 is 6.18 Å². The van der Waals surface area contributed by atoms with Crippen LogP contribution in [0.4, 0.5) is 17.6 Å². The lowest BCUT2D eigenvalue weighted by Gasteiger charge is -2.28. The highest BCUT2D eigenvalue weighted by Gasteiger charge is 2.36. The van der Waals surface area contributed by atoms with Crippen molar-refractivity contribution in [2.75, 3.05) is 13.1 Å². The first-order chi connectivity index (χ1) is 12.8. The minimum absolute atomic E-state index is 0.268. The number of hydrogen-bond acceptors (Lipinski definition) is 1. The zero-order chi connectivity index (χ0) is 20.4. The molecule has 27 heavy (non-hydrogen) atoms. The summed E-state index contributed by atoms with van der Waals surface area (Å²) in [6, 6.07) is 2.91. The van der Waals surface area contributed by atoms with Crippen molar-refractivity contribution < 1.29 is 22.4 Å². The number of carbonyl (C=O) groups is 1. The Labute approximate surface area is 159 Å². The molecule has 0 aliphatic heterocycles. The van der Waals surface area contributed by atoms with E-state index in [4.69, 9.17) is 0 Å². The first-order valence-corrected chi connectivity index (χ1v) is 9.91. The molecule has 0 saturated carbocycles. The molecule has 1 unspecified atom stereocenters. The molecule has 0 saturated heterocycles. The predicted molar refractivity (Wildman–Crippen MR) is 100 cm³/mol. The van der Waals surface area contributed by atoms with E-state index in [-0.39, 0.29) is 5.92 Å². The number of nitrogens with zero attached hydrogens (tertiary/aromatic N) is 1. The summed E-state index contributed by atoms with van der Waals surface area (Å²) in [5.41, 5.74) is -1.88. The van der Waals surface area contributed by atoms with Gasteiger partial charge in [0.15, 0.2) is 0 Å². The van der Waals surface area contributed by atoms with Gasteiger partial charge < -0.3 is 4.90 Å². The normalized spacial score (nSPS) is 12.9. The van der Waals surface area contributed by atoms with Crippen molar-refractivity contribution in [3.05, 3.63) is 35.1 Å². The molecule has 2 nitrogen and oxygen atoms in total. The average molecular weight is 389 g/mol. The molecule has 154 valence electrons. The second-order valence-corrected chi connectivity index (χ2v) is 7.04. The number of unbranched alkanes of at least 4 members (excludes halogenated alkanes) is 3. The van der Waals surface area contributed by atoms with Crippen LogP contribution in [-0.2, 0) is 6.18 Å². The Morgan fingerprint density at radius 1 is 1.07 bits per heavy atom. The fourth-order valence-electron chi connectivity index (χ4n) is 3.14. The average Bonchev–Trinajstić information content (AvgIpc) is 2.62. The number of amides is 1. The van der Waals surface area contributed by atoms with E-state index >= 15 is 0 Å². The molecule has 0 aliphatic rings. The number of alkyl halides is 3. The van der Waals surface area contributed by atoms with Crippen LogP contribution in [0.15, 0.2) is 18.2 Å². The largest absolute Gasteiger partial charge is 0.419 e. The summed E-state index contributed by atoms with van der Waals surface area (Å²) in [5.74, 6) is -1.86. The van der Waals surface area contributed by atoms with Gasteiger partial charge in [-0.05, 0) is 30.9 Å². The smallest absolute Gasteiger partial charge is 0.338 e. The molecule has 0 spiro atoms. The van der Waals surface area contributed by atoms with Gasteiger partial charge in [-0.15, -0.1) is 0 Å². The van der Waals surface area contributed by atoms with Crippen LogP contribution in [0.25, 0.3) is 0 Å². The Hall–Kier alpha value is -1.59. The topological polar surface area (TPSA) is 20.3 Å². The van der Waals surface area contributed by atoms with E-state index in [1.54, 1.807) is 0 Å². The van der Waals surface area contributed by atoms with Crippen LogP contribution in [-0.4, -0.2) is 23.9 Å². The summed E-state index contributed by atoms with van der Waals surface area (Å²) in [5, 5.41) is 0. The number of halogens is 4. The van der Waals surface area contributed by atoms with Gasteiger partial charge in [-0.25, -0.2) is 4.39 Å². The monoisotopic (exact) mass is 389 g/mol. The highest BCUT2D eigenvalue weighted by molar-refractivity contribution is 5.94. The predicted octanol–water partition coefficient (Wildman–Crippen LogP) is 6.69. The van der Waals surface area contributed by atoms with Gasteiger partial charge in [0.05, 0.1) is 11.1 Å². The van der Waals surface area contributed by atoms with Crippen LogP contribution < -0.4 is 0 Å². The molecule has 1 amide bonds. The van der Waals surface area contributed by atoms with Crippen molar-refractivity contribution in [3.63, 3.8) is 0 Å². The Kier molecular flexibility index (Phi) is 9.81. The lowest BCUT2D eigenvalue weighted by atomic mass is 9.98.